The summed E-state index contributed by atoms with van der Waals surface area (Å²) in [6, 6.07) is 12.0. The molecule has 0 atom stereocenters. The Balaban J connectivity index is 2.19. The Kier molecular flexibility index (Phi) is 3.63. The van der Waals surface area contributed by atoms with Gasteiger partial charge in [-0.05, 0) is 48.2 Å². The van der Waals surface area contributed by atoms with Gasteiger partial charge in [-0.25, -0.2) is 4.90 Å². The predicted molar refractivity (Wildman–Crippen MR) is 92.7 cm³/mol. The zero-order valence-electron chi connectivity index (χ0n) is 14.2. The highest BCUT2D eigenvalue weighted by molar-refractivity contribution is 6.34. The molecule has 1 aliphatic rings. The van der Waals surface area contributed by atoms with Crippen molar-refractivity contribution in [3.05, 3.63) is 64.7 Å². The van der Waals surface area contributed by atoms with E-state index < -0.39 is 0 Å². The van der Waals surface area contributed by atoms with Crippen LogP contribution in [0.3, 0.4) is 0 Å². The molecule has 0 aromatic heterocycles. The van der Waals surface area contributed by atoms with E-state index in [4.69, 9.17) is 0 Å². The highest BCUT2D eigenvalue weighted by Crippen LogP contribution is 2.37. The Labute approximate surface area is 141 Å². The Morgan fingerprint density at radius 3 is 1.92 bits per heavy atom. The number of hydrogen-bond acceptors (Lipinski definition) is 3. The van der Waals surface area contributed by atoms with E-state index in [2.05, 4.69) is 0 Å². The molecule has 0 N–H and O–H groups in total. The average molecular weight is 321 g/mol. The smallest absolute Gasteiger partial charge is 0.266 e. The Bertz CT molecular complexity index is 840. The van der Waals surface area contributed by atoms with E-state index >= 15 is 0 Å². The van der Waals surface area contributed by atoms with Gasteiger partial charge in [-0.1, -0.05) is 32.9 Å². The number of fused-ring (bicyclic) bond motifs is 1. The van der Waals surface area contributed by atoms with Gasteiger partial charge in [0.25, 0.3) is 11.8 Å². The molecule has 2 aromatic rings. The van der Waals surface area contributed by atoms with E-state index in [1.807, 2.05) is 20.8 Å². The molecular formula is C20H19NO3. The van der Waals surface area contributed by atoms with Crippen LogP contribution in [-0.2, 0) is 5.41 Å². The van der Waals surface area contributed by atoms with Crippen LogP contribution < -0.4 is 4.90 Å². The molecule has 122 valence electrons. The molecule has 24 heavy (non-hydrogen) atoms. The standard InChI is InChI=1S/C20H19NO3/c1-12(22)13-9-10-17(16(11-13)20(2,3)4)21-18(23)14-7-5-6-8-15(14)19(21)24/h5-11H,1-4H3. The maximum Gasteiger partial charge on any atom is 0.266 e. The molecule has 2 aromatic carbocycles. The maximum atomic E-state index is 12.7. The minimum Gasteiger partial charge on any atom is -0.295 e. The number of nitrogens with zero attached hydrogens (tertiary/aromatic N) is 1. The lowest BCUT2D eigenvalue weighted by Gasteiger charge is -2.27. The number of anilines is 1. The molecule has 0 fully saturated rings. The van der Waals surface area contributed by atoms with Crippen molar-refractivity contribution in [2.45, 2.75) is 33.1 Å². The highest BCUT2D eigenvalue weighted by Gasteiger charge is 2.38. The van der Waals surface area contributed by atoms with Crippen LogP contribution >= 0.6 is 0 Å². The van der Waals surface area contributed by atoms with Gasteiger partial charge in [0.1, 0.15) is 0 Å². The van der Waals surface area contributed by atoms with Crippen molar-refractivity contribution in [1.29, 1.82) is 0 Å². The average Bonchev–Trinajstić information content (AvgIpc) is 2.78. The number of hydrogen-bond donors (Lipinski definition) is 0. The number of rotatable bonds is 2. The van der Waals surface area contributed by atoms with E-state index in [1.165, 1.54) is 11.8 Å². The normalized spacial score (nSPS) is 14.1. The third kappa shape index (κ3) is 2.44. The lowest BCUT2D eigenvalue weighted by Crippen LogP contribution is -2.32. The summed E-state index contributed by atoms with van der Waals surface area (Å²) in [6.07, 6.45) is 0. The second-order valence-corrected chi connectivity index (χ2v) is 7.03. The first kappa shape index (κ1) is 16.1. The van der Waals surface area contributed by atoms with E-state index in [0.717, 1.165) is 5.56 Å². The Morgan fingerprint density at radius 2 is 1.46 bits per heavy atom. The van der Waals surface area contributed by atoms with Crippen molar-refractivity contribution >= 4 is 23.3 Å². The molecule has 0 aliphatic carbocycles. The van der Waals surface area contributed by atoms with Crippen LogP contribution in [0.4, 0.5) is 5.69 Å². The number of benzene rings is 2. The third-order valence-corrected chi connectivity index (χ3v) is 4.25. The molecule has 1 aliphatic heterocycles. The fourth-order valence-corrected chi connectivity index (χ4v) is 2.96. The number of Topliss-reactive ketones (excluding diaryl/α,β-unsaturated/α-hetero) is 1. The van der Waals surface area contributed by atoms with E-state index in [-0.39, 0.29) is 23.0 Å². The molecular weight excluding hydrogens is 302 g/mol. The van der Waals surface area contributed by atoms with Crippen molar-refractivity contribution in [3.63, 3.8) is 0 Å². The van der Waals surface area contributed by atoms with Gasteiger partial charge in [0, 0.05) is 5.56 Å². The Morgan fingerprint density at radius 1 is 0.917 bits per heavy atom. The molecule has 0 saturated carbocycles. The van der Waals surface area contributed by atoms with E-state index in [9.17, 15) is 14.4 Å². The molecule has 4 heteroatoms. The molecule has 0 radical (unpaired) electrons. The van der Waals surface area contributed by atoms with Crippen LogP contribution in [0.2, 0.25) is 0 Å². The van der Waals surface area contributed by atoms with Gasteiger partial charge in [-0.2, -0.15) is 0 Å². The van der Waals surface area contributed by atoms with Gasteiger partial charge in [-0.3, -0.25) is 14.4 Å². The van der Waals surface area contributed by atoms with Gasteiger partial charge in [0.15, 0.2) is 5.78 Å². The fraction of sp³-hybridized carbons (Fsp3) is 0.250. The quantitative estimate of drug-likeness (QED) is 0.621. The summed E-state index contributed by atoms with van der Waals surface area (Å²) < 4.78 is 0. The zero-order valence-corrected chi connectivity index (χ0v) is 14.2. The van der Waals surface area contributed by atoms with Crippen LogP contribution in [0.1, 0.15) is 64.3 Å². The second-order valence-electron chi connectivity index (χ2n) is 7.03. The molecule has 0 unspecified atom stereocenters. The molecule has 0 spiro atoms. The SMILES string of the molecule is CC(=O)c1ccc(N2C(=O)c3ccccc3C2=O)c(C(C)(C)C)c1. The minimum atomic E-state index is -0.323. The number of amides is 2. The second kappa shape index (κ2) is 5.41. The summed E-state index contributed by atoms with van der Waals surface area (Å²) in [5.74, 6) is -0.692. The van der Waals surface area contributed by atoms with Crippen LogP contribution in [-0.4, -0.2) is 17.6 Å². The summed E-state index contributed by atoms with van der Waals surface area (Å²) in [5, 5.41) is 0. The third-order valence-electron chi connectivity index (χ3n) is 4.25. The topological polar surface area (TPSA) is 54.5 Å². The molecule has 1 heterocycles. The van der Waals surface area contributed by atoms with Gasteiger partial charge < -0.3 is 0 Å². The van der Waals surface area contributed by atoms with Crippen molar-refractivity contribution in [2.24, 2.45) is 0 Å². The van der Waals surface area contributed by atoms with Gasteiger partial charge in [-0.15, -0.1) is 0 Å². The molecule has 2 amide bonds. The van der Waals surface area contributed by atoms with Crippen LogP contribution in [0, 0.1) is 0 Å². The largest absolute Gasteiger partial charge is 0.295 e. The van der Waals surface area contributed by atoms with E-state index in [1.54, 1.807) is 42.5 Å². The maximum absolute atomic E-state index is 12.7. The van der Waals surface area contributed by atoms with Crippen molar-refractivity contribution < 1.29 is 14.4 Å². The number of imide groups is 1. The lowest BCUT2D eigenvalue weighted by molar-refractivity contribution is 0.0924. The number of ketones is 1. The van der Waals surface area contributed by atoms with Crippen molar-refractivity contribution in [3.8, 4) is 0 Å². The van der Waals surface area contributed by atoms with Gasteiger partial charge in [0.2, 0.25) is 0 Å². The summed E-state index contributed by atoms with van der Waals surface area (Å²) in [6.45, 7) is 7.49. The first-order valence-electron chi connectivity index (χ1n) is 7.85. The molecule has 4 nitrogen and oxygen atoms in total. The molecule has 0 saturated heterocycles. The monoisotopic (exact) mass is 321 g/mol. The van der Waals surface area contributed by atoms with E-state index in [0.29, 0.717) is 22.4 Å². The summed E-state index contributed by atoms with van der Waals surface area (Å²) >= 11 is 0. The van der Waals surface area contributed by atoms with Gasteiger partial charge in [0.05, 0.1) is 16.8 Å². The minimum absolute atomic E-state index is 0.0468. The predicted octanol–water partition coefficient (Wildman–Crippen LogP) is 3.99. The zero-order chi connectivity index (χ0) is 17.6. The van der Waals surface area contributed by atoms with Crippen LogP contribution in [0.5, 0.6) is 0 Å². The van der Waals surface area contributed by atoms with Crippen molar-refractivity contribution in [1.82, 2.24) is 0 Å². The highest BCUT2D eigenvalue weighted by atomic mass is 16.2. The number of carbonyl (C=O) groups is 3. The van der Waals surface area contributed by atoms with Crippen molar-refractivity contribution in [2.75, 3.05) is 4.90 Å². The summed E-state index contributed by atoms with van der Waals surface area (Å²) in [7, 11) is 0. The van der Waals surface area contributed by atoms with Crippen LogP contribution in [0.25, 0.3) is 0 Å². The summed E-state index contributed by atoms with van der Waals surface area (Å²) in [5.41, 5.74) is 2.41. The molecule has 3 rings (SSSR count). The lowest BCUT2D eigenvalue weighted by atomic mass is 9.84. The summed E-state index contributed by atoms with van der Waals surface area (Å²) in [4.78, 5) is 38.4. The number of carbonyl (C=O) groups excluding carboxylic acids is 3. The first-order chi connectivity index (χ1) is 11.2. The van der Waals surface area contributed by atoms with Crippen LogP contribution in [0.15, 0.2) is 42.5 Å². The fourth-order valence-electron chi connectivity index (χ4n) is 2.96. The molecule has 0 bridgehead atoms. The Hall–Kier alpha value is -2.75. The van der Waals surface area contributed by atoms with Gasteiger partial charge >= 0.3 is 0 Å². The first-order valence-corrected chi connectivity index (χ1v) is 7.85.